The van der Waals surface area contributed by atoms with Gasteiger partial charge < -0.3 is 24.4 Å². The lowest BCUT2D eigenvalue weighted by Gasteiger charge is -2.34. The Kier molecular flexibility index (Phi) is 3.25. The van der Waals surface area contributed by atoms with E-state index in [9.17, 15) is 10.2 Å². The van der Waals surface area contributed by atoms with Gasteiger partial charge in [0.2, 0.25) is 0 Å². The van der Waals surface area contributed by atoms with Crippen molar-refractivity contribution in [1.82, 2.24) is 0 Å². The van der Waals surface area contributed by atoms with E-state index in [0.717, 1.165) is 0 Å². The van der Waals surface area contributed by atoms with Crippen molar-refractivity contribution in [3.63, 3.8) is 0 Å². The maximum Gasteiger partial charge on any atom is 0.164 e. The number of aliphatic hydroxyl groups excluding tert-OH is 2. The molecular weight excluding hydrogens is 224 g/mol. The molecule has 1 aliphatic heterocycles. The molecule has 17 heavy (non-hydrogen) atoms. The zero-order valence-corrected chi connectivity index (χ0v) is 10.8. The van der Waals surface area contributed by atoms with Crippen LogP contribution in [-0.2, 0) is 14.2 Å². The molecule has 0 radical (unpaired) electrons. The van der Waals surface area contributed by atoms with E-state index >= 15 is 0 Å². The van der Waals surface area contributed by atoms with Gasteiger partial charge >= 0.3 is 0 Å². The molecular formula is C12H22O5. The summed E-state index contributed by atoms with van der Waals surface area (Å²) in [5, 5.41) is 19.6. The Bertz CT molecular complexity index is 287. The van der Waals surface area contributed by atoms with Crippen LogP contribution in [0.25, 0.3) is 0 Å². The van der Waals surface area contributed by atoms with Gasteiger partial charge in [0, 0.05) is 6.42 Å². The van der Waals surface area contributed by atoms with E-state index in [2.05, 4.69) is 0 Å². The van der Waals surface area contributed by atoms with Crippen LogP contribution in [0, 0.1) is 0 Å². The van der Waals surface area contributed by atoms with Crippen LogP contribution in [0.5, 0.6) is 0 Å². The summed E-state index contributed by atoms with van der Waals surface area (Å²) in [4.78, 5) is 0. The maximum absolute atomic E-state index is 10.0. The van der Waals surface area contributed by atoms with E-state index in [0.29, 0.717) is 6.42 Å². The van der Waals surface area contributed by atoms with Gasteiger partial charge in [0.05, 0.1) is 18.8 Å². The molecule has 2 fully saturated rings. The van der Waals surface area contributed by atoms with Gasteiger partial charge in [0.25, 0.3) is 0 Å². The van der Waals surface area contributed by atoms with Crippen molar-refractivity contribution in [3.05, 3.63) is 0 Å². The molecule has 1 saturated heterocycles. The highest BCUT2D eigenvalue weighted by molar-refractivity contribution is 5.09. The lowest BCUT2D eigenvalue weighted by molar-refractivity contribution is -0.212. The lowest BCUT2D eigenvalue weighted by Crippen LogP contribution is -2.49. The van der Waals surface area contributed by atoms with Crippen LogP contribution in [-0.4, -0.2) is 52.6 Å². The lowest BCUT2D eigenvalue weighted by atomic mass is 10.00. The van der Waals surface area contributed by atoms with Gasteiger partial charge in [0.15, 0.2) is 5.79 Å². The first-order valence-corrected chi connectivity index (χ1v) is 6.12. The highest BCUT2D eigenvalue weighted by Gasteiger charge is 2.62. The number of ether oxygens (including phenoxy) is 3. The molecule has 0 amide bonds. The Morgan fingerprint density at radius 1 is 1.35 bits per heavy atom. The second kappa shape index (κ2) is 4.17. The van der Waals surface area contributed by atoms with Crippen molar-refractivity contribution < 1.29 is 24.4 Å². The first kappa shape index (κ1) is 13.2. The molecule has 4 atom stereocenters. The van der Waals surface area contributed by atoms with E-state index in [4.69, 9.17) is 14.2 Å². The second-order valence-electron chi connectivity index (χ2n) is 5.68. The summed E-state index contributed by atoms with van der Waals surface area (Å²) in [5.74, 6) is -0.739. The third-order valence-electron chi connectivity index (χ3n) is 3.32. The normalized spacial score (nSPS) is 44.3. The Balaban J connectivity index is 2.24. The molecule has 0 bridgehead atoms. The molecule has 0 aromatic carbocycles. The fraction of sp³-hybridized carbons (Fsp3) is 1.00. The Morgan fingerprint density at radius 2 is 2.00 bits per heavy atom. The van der Waals surface area contributed by atoms with Crippen LogP contribution < -0.4 is 0 Å². The van der Waals surface area contributed by atoms with Gasteiger partial charge in [-0.05, 0) is 27.7 Å². The first-order valence-electron chi connectivity index (χ1n) is 6.12. The molecule has 1 saturated carbocycles. The van der Waals surface area contributed by atoms with Crippen molar-refractivity contribution in [3.8, 4) is 0 Å². The molecule has 2 rings (SSSR count). The van der Waals surface area contributed by atoms with Crippen LogP contribution in [0.4, 0.5) is 0 Å². The molecule has 1 heterocycles. The van der Waals surface area contributed by atoms with E-state index in [1.807, 2.05) is 13.8 Å². The van der Waals surface area contributed by atoms with Gasteiger partial charge in [-0.25, -0.2) is 0 Å². The molecule has 1 aliphatic carbocycles. The quantitative estimate of drug-likeness (QED) is 0.755. The molecule has 5 nitrogen and oxygen atoms in total. The van der Waals surface area contributed by atoms with E-state index < -0.39 is 29.7 Å². The molecule has 5 heteroatoms. The molecule has 0 spiro atoms. The van der Waals surface area contributed by atoms with E-state index in [-0.39, 0.29) is 12.7 Å². The molecule has 0 aromatic heterocycles. The van der Waals surface area contributed by atoms with Crippen LogP contribution >= 0.6 is 0 Å². The van der Waals surface area contributed by atoms with Crippen LogP contribution in [0.2, 0.25) is 0 Å². The summed E-state index contributed by atoms with van der Waals surface area (Å²) in [6.45, 7) is 7.23. The zero-order chi connectivity index (χ0) is 12.8. The largest absolute Gasteiger partial charge is 0.393 e. The molecule has 0 unspecified atom stereocenters. The van der Waals surface area contributed by atoms with Crippen molar-refractivity contribution in [2.75, 3.05) is 6.61 Å². The van der Waals surface area contributed by atoms with Gasteiger partial charge in [-0.3, -0.25) is 0 Å². The molecule has 2 N–H and O–H groups in total. The van der Waals surface area contributed by atoms with Crippen LogP contribution in [0.15, 0.2) is 0 Å². The maximum atomic E-state index is 10.0. The van der Waals surface area contributed by atoms with Crippen molar-refractivity contribution in [1.29, 1.82) is 0 Å². The molecule has 0 aromatic rings. The van der Waals surface area contributed by atoms with E-state index in [1.165, 1.54) is 0 Å². The Morgan fingerprint density at radius 3 is 2.53 bits per heavy atom. The van der Waals surface area contributed by atoms with Crippen molar-refractivity contribution in [2.24, 2.45) is 0 Å². The van der Waals surface area contributed by atoms with Gasteiger partial charge in [-0.1, -0.05) is 0 Å². The summed E-state index contributed by atoms with van der Waals surface area (Å²) >= 11 is 0. The summed E-state index contributed by atoms with van der Waals surface area (Å²) < 4.78 is 17.3. The smallest absolute Gasteiger partial charge is 0.164 e. The average molecular weight is 246 g/mol. The van der Waals surface area contributed by atoms with Gasteiger partial charge in [-0.15, -0.1) is 0 Å². The zero-order valence-electron chi connectivity index (χ0n) is 10.8. The monoisotopic (exact) mass is 246 g/mol. The average Bonchev–Trinajstić information content (AvgIpc) is 2.62. The number of fused-ring (bicyclic) bond motifs is 1. The van der Waals surface area contributed by atoms with Gasteiger partial charge in [0.1, 0.15) is 17.8 Å². The Hall–Kier alpha value is -0.200. The summed E-state index contributed by atoms with van der Waals surface area (Å²) in [5.41, 5.74) is -0.855. The highest BCUT2D eigenvalue weighted by atomic mass is 16.8. The summed E-state index contributed by atoms with van der Waals surface area (Å²) in [6.07, 6.45) is -1.20. The van der Waals surface area contributed by atoms with Crippen LogP contribution in [0.3, 0.4) is 0 Å². The SMILES string of the molecule is CC(C)O[C@@]1(CO)C[C@H](O)[C@@H]2OC(C)(C)O[C@@H]21. The summed E-state index contributed by atoms with van der Waals surface area (Å²) in [7, 11) is 0. The van der Waals surface area contributed by atoms with Crippen molar-refractivity contribution >= 4 is 0 Å². The number of aliphatic hydroxyl groups is 2. The predicted octanol–water partition coefficient (Wildman–Crippen LogP) is 0.427. The second-order valence-corrected chi connectivity index (χ2v) is 5.68. The minimum atomic E-state index is -0.855. The topological polar surface area (TPSA) is 68.2 Å². The first-order chi connectivity index (χ1) is 7.80. The fourth-order valence-corrected chi connectivity index (χ4v) is 2.84. The number of hydrogen-bond donors (Lipinski definition) is 2. The standard InChI is InChI=1S/C12H22O5/c1-7(2)15-12(6-13)5-8(14)9-10(12)17-11(3,4)16-9/h7-10,13-14H,5-6H2,1-4H3/t8-,9-,10-,12+/m0/s1. The Labute approximate surface area is 102 Å². The van der Waals surface area contributed by atoms with Gasteiger partial charge in [-0.2, -0.15) is 0 Å². The predicted molar refractivity (Wildman–Crippen MR) is 60.5 cm³/mol. The third kappa shape index (κ3) is 2.22. The minimum Gasteiger partial charge on any atom is -0.393 e. The third-order valence-corrected chi connectivity index (χ3v) is 3.32. The number of hydrogen-bond acceptors (Lipinski definition) is 5. The fourth-order valence-electron chi connectivity index (χ4n) is 2.84. The summed E-state index contributed by atoms with van der Waals surface area (Å²) in [6, 6.07) is 0. The molecule has 2 aliphatic rings. The minimum absolute atomic E-state index is 0.0413. The molecule has 100 valence electrons. The van der Waals surface area contributed by atoms with Crippen molar-refractivity contribution in [2.45, 2.75) is 69.9 Å². The van der Waals surface area contributed by atoms with E-state index in [1.54, 1.807) is 13.8 Å². The van der Waals surface area contributed by atoms with Crippen LogP contribution in [0.1, 0.15) is 34.1 Å². The highest BCUT2D eigenvalue weighted by Crippen LogP contribution is 2.46. The number of rotatable bonds is 3.